The van der Waals surface area contributed by atoms with Crippen LogP contribution in [0.5, 0.6) is 0 Å². The summed E-state index contributed by atoms with van der Waals surface area (Å²) in [5, 5.41) is 16.0. The van der Waals surface area contributed by atoms with Crippen molar-refractivity contribution in [2.45, 2.75) is 56.8 Å². The van der Waals surface area contributed by atoms with E-state index in [4.69, 9.17) is 28.0 Å². The van der Waals surface area contributed by atoms with E-state index in [1.54, 1.807) is 0 Å². The average Bonchev–Trinajstić information content (AvgIpc) is 2.72. The average molecular weight is 491 g/mol. The Morgan fingerprint density at radius 1 is 0.939 bits per heavy atom. The minimum Gasteiger partial charge on any atom is -0.480 e. The van der Waals surface area contributed by atoms with Crippen LogP contribution in [-0.4, -0.2) is 83.4 Å². The van der Waals surface area contributed by atoms with Crippen LogP contribution in [0.4, 0.5) is 0 Å². The number of thioether (sulfide) groups is 1. The molecule has 0 aliphatic heterocycles. The van der Waals surface area contributed by atoms with Crippen LogP contribution in [0.1, 0.15) is 32.6 Å². The minimum atomic E-state index is -1.45. The van der Waals surface area contributed by atoms with E-state index in [1.807, 2.05) is 6.26 Å². The van der Waals surface area contributed by atoms with Gasteiger partial charge in [0.1, 0.15) is 18.1 Å². The number of nitrogens with two attached hydrogens (primary N) is 4. The first kappa shape index (κ1) is 29.9. The van der Waals surface area contributed by atoms with Crippen molar-refractivity contribution in [1.29, 1.82) is 0 Å². The monoisotopic (exact) mass is 490 g/mol. The molecular formula is C18H34N8O6S. The summed E-state index contributed by atoms with van der Waals surface area (Å²) in [5.41, 5.74) is 21.6. The molecule has 4 unspecified atom stereocenters. The van der Waals surface area contributed by atoms with Gasteiger partial charge in [0.15, 0.2) is 5.96 Å². The first-order valence-corrected chi connectivity index (χ1v) is 11.5. The molecule has 0 aliphatic rings. The highest BCUT2D eigenvalue weighted by molar-refractivity contribution is 7.98. The van der Waals surface area contributed by atoms with Crippen LogP contribution in [0.25, 0.3) is 0 Å². The molecule has 0 saturated heterocycles. The zero-order chi connectivity index (χ0) is 25.6. The first-order valence-electron chi connectivity index (χ1n) is 10.1. The van der Waals surface area contributed by atoms with E-state index in [0.717, 1.165) is 0 Å². The number of primary amides is 1. The van der Waals surface area contributed by atoms with Crippen molar-refractivity contribution in [2.75, 3.05) is 18.6 Å². The molecule has 0 aromatic carbocycles. The lowest BCUT2D eigenvalue weighted by atomic mass is 10.1. The molecule has 4 atom stereocenters. The van der Waals surface area contributed by atoms with Gasteiger partial charge in [0, 0.05) is 6.54 Å². The maximum absolute atomic E-state index is 12.9. The molecule has 0 heterocycles. The lowest BCUT2D eigenvalue weighted by Gasteiger charge is -2.24. The lowest BCUT2D eigenvalue weighted by Crippen LogP contribution is -2.57. The van der Waals surface area contributed by atoms with Crippen LogP contribution >= 0.6 is 11.8 Å². The molecule has 0 aliphatic carbocycles. The number of carbonyl (C=O) groups is 5. The summed E-state index contributed by atoms with van der Waals surface area (Å²) in [7, 11) is 0. The van der Waals surface area contributed by atoms with Crippen molar-refractivity contribution in [1.82, 2.24) is 16.0 Å². The fourth-order valence-corrected chi connectivity index (χ4v) is 2.98. The summed E-state index contributed by atoms with van der Waals surface area (Å²) in [5.74, 6) is -3.97. The Morgan fingerprint density at radius 2 is 1.52 bits per heavy atom. The Hall–Kier alpha value is -3.07. The highest BCUT2D eigenvalue weighted by Gasteiger charge is 2.30. The number of aliphatic imine (C=N–C) groups is 1. The van der Waals surface area contributed by atoms with Gasteiger partial charge in [0.05, 0.1) is 12.5 Å². The van der Waals surface area contributed by atoms with Gasteiger partial charge >= 0.3 is 5.97 Å². The standard InChI is InChI=1S/C18H34N8O6S/c1-9(17(31)32)24-16(30)12(8-13(20)27)26-15(29)11(4-3-6-23-18(21)22)25-14(28)10(19)5-7-33-2/h9-12H,3-8,19H2,1-2H3,(H2,20,27)(H,24,30)(H,25,28)(H,26,29)(H,31,32)(H4,21,22,23). The zero-order valence-corrected chi connectivity index (χ0v) is 19.5. The second-order valence-electron chi connectivity index (χ2n) is 7.20. The van der Waals surface area contributed by atoms with Gasteiger partial charge in [-0.25, -0.2) is 0 Å². The molecule has 15 heteroatoms. The third-order valence-corrected chi connectivity index (χ3v) is 4.96. The number of hydrogen-bond donors (Lipinski definition) is 8. The molecule has 4 amide bonds. The molecule has 0 aromatic rings. The summed E-state index contributed by atoms with van der Waals surface area (Å²) >= 11 is 1.51. The van der Waals surface area contributed by atoms with Crippen molar-refractivity contribution in [3.05, 3.63) is 0 Å². The quantitative estimate of drug-likeness (QED) is 0.0602. The summed E-state index contributed by atoms with van der Waals surface area (Å²) in [6.45, 7) is 1.40. The van der Waals surface area contributed by atoms with Crippen LogP contribution in [0.2, 0.25) is 0 Å². The van der Waals surface area contributed by atoms with E-state index in [9.17, 15) is 24.0 Å². The number of carboxylic acids is 1. The second-order valence-corrected chi connectivity index (χ2v) is 8.18. The first-order chi connectivity index (χ1) is 15.4. The van der Waals surface area contributed by atoms with E-state index in [0.29, 0.717) is 18.6 Å². The molecule has 0 aromatic heterocycles. The van der Waals surface area contributed by atoms with Gasteiger partial charge in [-0.3, -0.25) is 29.0 Å². The number of nitrogens with one attached hydrogen (secondary N) is 3. The number of aliphatic carboxylic acids is 1. The number of carboxylic acid groups (broad SMARTS) is 1. The molecule has 0 rings (SSSR count). The number of nitrogens with zero attached hydrogens (tertiary/aromatic N) is 1. The maximum Gasteiger partial charge on any atom is 0.325 e. The Labute approximate surface area is 196 Å². The molecule has 33 heavy (non-hydrogen) atoms. The van der Waals surface area contributed by atoms with Gasteiger partial charge in [-0.15, -0.1) is 0 Å². The van der Waals surface area contributed by atoms with Crippen molar-refractivity contribution >= 4 is 47.3 Å². The third-order valence-electron chi connectivity index (χ3n) is 4.32. The molecule has 12 N–H and O–H groups in total. The largest absolute Gasteiger partial charge is 0.480 e. The number of carbonyl (C=O) groups excluding carboxylic acids is 4. The molecule has 0 spiro atoms. The van der Waals surface area contributed by atoms with Crippen LogP contribution in [0.15, 0.2) is 4.99 Å². The second kappa shape index (κ2) is 15.7. The molecule has 0 bridgehead atoms. The molecule has 0 fully saturated rings. The van der Waals surface area contributed by atoms with Crippen molar-refractivity contribution < 1.29 is 29.1 Å². The molecule has 0 radical (unpaired) electrons. The fourth-order valence-electron chi connectivity index (χ4n) is 2.49. The van der Waals surface area contributed by atoms with Gasteiger partial charge in [-0.05, 0) is 38.2 Å². The predicted octanol–water partition coefficient (Wildman–Crippen LogP) is -3.45. The minimum absolute atomic E-state index is 0.0973. The summed E-state index contributed by atoms with van der Waals surface area (Å²) in [4.78, 5) is 63.8. The molecule has 188 valence electrons. The number of amides is 4. The van der Waals surface area contributed by atoms with E-state index in [2.05, 4.69) is 20.9 Å². The van der Waals surface area contributed by atoms with Gasteiger partial charge in [0.25, 0.3) is 0 Å². The summed E-state index contributed by atoms with van der Waals surface area (Å²) in [6, 6.07) is -4.69. The van der Waals surface area contributed by atoms with E-state index >= 15 is 0 Å². The highest BCUT2D eigenvalue weighted by atomic mass is 32.2. The molecule has 0 saturated carbocycles. The van der Waals surface area contributed by atoms with E-state index in [-0.39, 0.29) is 18.9 Å². The van der Waals surface area contributed by atoms with Crippen molar-refractivity contribution in [3.8, 4) is 0 Å². The zero-order valence-electron chi connectivity index (χ0n) is 18.7. The summed E-state index contributed by atoms with van der Waals surface area (Å²) in [6.07, 6.45) is 2.07. The van der Waals surface area contributed by atoms with E-state index in [1.165, 1.54) is 18.7 Å². The molecule has 14 nitrogen and oxygen atoms in total. The molecular weight excluding hydrogens is 456 g/mol. The predicted molar refractivity (Wildman–Crippen MR) is 124 cm³/mol. The van der Waals surface area contributed by atoms with Crippen LogP contribution in [0.3, 0.4) is 0 Å². The number of hydrogen-bond acceptors (Lipinski definition) is 8. The Morgan fingerprint density at radius 3 is 2.03 bits per heavy atom. The SMILES string of the molecule is CSCCC(N)C(=O)NC(CCCN=C(N)N)C(=O)NC(CC(N)=O)C(=O)NC(C)C(=O)O. The Kier molecular flexibility index (Phi) is 14.2. The van der Waals surface area contributed by atoms with E-state index < -0.39 is 60.2 Å². The topological polar surface area (TPSA) is 258 Å². The van der Waals surface area contributed by atoms with Gasteiger partial charge in [-0.2, -0.15) is 11.8 Å². The van der Waals surface area contributed by atoms with Crippen molar-refractivity contribution in [2.24, 2.45) is 27.9 Å². The van der Waals surface area contributed by atoms with Crippen LogP contribution < -0.4 is 38.9 Å². The maximum atomic E-state index is 12.9. The highest BCUT2D eigenvalue weighted by Crippen LogP contribution is 2.04. The Balaban J connectivity index is 5.43. The fraction of sp³-hybridized carbons (Fsp3) is 0.667. The Bertz CT molecular complexity index is 731. The third kappa shape index (κ3) is 13.2. The summed E-state index contributed by atoms with van der Waals surface area (Å²) < 4.78 is 0. The van der Waals surface area contributed by atoms with Crippen LogP contribution in [-0.2, 0) is 24.0 Å². The van der Waals surface area contributed by atoms with Crippen molar-refractivity contribution in [3.63, 3.8) is 0 Å². The van der Waals surface area contributed by atoms with Gasteiger partial charge in [-0.1, -0.05) is 0 Å². The normalized spacial score (nSPS) is 14.2. The number of guanidine groups is 1. The smallest absolute Gasteiger partial charge is 0.325 e. The number of rotatable bonds is 16. The lowest BCUT2D eigenvalue weighted by molar-refractivity contribution is -0.142. The van der Waals surface area contributed by atoms with Gasteiger partial charge in [0.2, 0.25) is 23.6 Å². The van der Waals surface area contributed by atoms with Gasteiger partial charge < -0.3 is 44.0 Å². The van der Waals surface area contributed by atoms with Crippen LogP contribution in [0, 0.1) is 0 Å².